The summed E-state index contributed by atoms with van der Waals surface area (Å²) in [6, 6.07) is 0. The van der Waals surface area contributed by atoms with Gasteiger partial charge in [-0.15, -0.1) is 0 Å². The van der Waals surface area contributed by atoms with Gasteiger partial charge in [0, 0.05) is 6.42 Å². The van der Waals surface area contributed by atoms with Gasteiger partial charge in [-0.05, 0) is 6.92 Å². The Hall–Kier alpha value is -0.610. The van der Waals surface area contributed by atoms with Gasteiger partial charge in [-0.1, -0.05) is 0 Å². The lowest BCUT2D eigenvalue weighted by molar-refractivity contribution is -0.159. The first-order valence-electron chi connectivity index (χ1n) is 4.01. The number of rotatable bonds is 3. The fourth-order valence-electron chi connectivity index (χ4n) is 1.13. The molecule has 1 aliphatic rings. The zero-order valence-corrected chi connectivity index (χ0v) is 7.46. The maximum absolute atomic E-state index is 10.8. The van der Waals surface area contributed by atoms with Gasteiger partial charge in [0.1, 0.15) is 0 Å². The molecule has 0 atom stereocenters. The molecule has 0 amide bonds. The van der Waals surface area contributed by atoms with Crippen molar-refractivity contribution in [1.29, 1.82) is 0 Å². The number of carbonyl (C=O) groups excluding carboxylic acids is 1. The van der Waals surface area contributed by atoms with Crippen molar-refractivity contribution in [2.24, 2.45) is 0 Å². The number of esters is 1. The van der Waals surface area contributed by atoms with E-state index in [2.05, 4.69) is 4.74 Å². The second-order valence-corrected chi connectivity index (χ2v) is 2.91. The summed E-state index contributed by atoms with van der Waals surface area (Å²) in [6.45, 7) is 3.05. The first-order valence-corrected chi connectivity index (χ1v) is 4.01. The SMILES string of the molecule is COC(=O)CCC1(C)OCCO1. The molecule has 0 spiro atoms. The van der Waals surface area contributed by atoms with Gasteiger partial charge in [0.15, 0.2) is 5.79 Å². The molecule has 1 aliphatic heterocycles. The van der Waals surface area contributed by atoms with Crippen LogP contribution in [0.2, 0.25) is 0 Å². The molecule has 0 saturated carbocycles. The average Bonchev–Trinajstić information content (AvgIpc) is 2.49. The standard InChI is InChI=1S/C8H14O4/c1-8(11-5-6-12-8)4-3-7(9)10-2/h3-6H2,1-2H3. The van der Waals surface area contributed by atoms with E-state index in [9.17, 15) is 4.79 Å². The van der Waals surface area contributed by atoms with E-state index in [1.165, 1.54) is 7.11 Å². The summed E-state index contributed by atoms with van der Waals surface area (Å²) in [5.74, 6) is -0.802. The van der Waals surface area contributed by atoms with Crippen LogP contribution in [0.5, 0.6) is 0 Å². The first-order chi connectivity index (χ1) is 5.66. The molecule has 0 aromatic carbocycles. The van der Waals surface area contributed by atoms with E-state index < -0.39 is 5.79 Å². The molecule has 0 aromatic rings. The van der Waals surface area contributed by atoms with E-state index in [4.69, 9.17) is 9.47 Å². The highest BCUT2D eigenvalue weighted by Crippen LogP contribution is 2.23. The predicted octanol–water partition coefficient (Wildman–Crippen LogP) is 0.703. The Morgan fingerprint density at radius 3 is 2.58 bits per heavy atom. The highest BCUT2D eigenvalue weighted by atomic mass is 16.7. The van der Waals surface area contributed by atoms with Crippen LogP contribution < -0.4 is 0 Å². The van der Waals surface area contributed by atoms with Crippen LogP contribution in [0.3, 0.4) is 0 Å². The minimum atomic E-state index is -0.575. The summed E-state index contributed by atoms with van der Waals surface area (Å²) in [5.41, 5.74) is 0. The van der Waals surface area contributed by atoms with Crippen molar-refractivity contribution in [3.05, 3.63) is 0 Å². The van der Waals surface area contributed by atoms with E-state index in [0.717, 1.165) is 0 Å². The van der Waals surface area contributed by atoms with Crippen molar-refractivity contribution in [2.45, 2.75) is 25.6 Å². The number of methoxy groups -OCH3 is 1. The molecule has 1 saturated heterocycles. The summed E-state index contributed by atoms with van der Waals surface area (Å²) in [5, 5.41) is 0. The Bertz CT molecular complexity index is 160. The quantitative estimate of drug-likeness (QED) is 0.591. The Morgan fingerprint density at radius 1 is 1.50 bits per heavy atom. The zero-order chi connectivity index (χ0) is 9.03. The van der Waals surface area contributed by atoms with Crippen LogP contribution in [0.25, 0.3) is 0 Å². The smallest absolute Gasteiger partial charge is 0.305 e. The lowest BCUT2D eigenvalue weighted by Gasteiger charge is -2.21. The molecule has 12 heavy (non-hydrogen) atoms. The molecule has 70 valence electrons. The van der Waals surface area contributed by atoms with Crippen molar-refractivity contribution in [3.63, 3.8) is 0 Å². The zero-order valence-electron chi connectivity index (χ0n) is 7.46. The Labute approximate surface area is 71.8 Å². The highest BCUT2D eigenvalue weighted by molar-refractivity contribution is 5.69. The summed E-state index contributed by atoms with van der Waals surface area (Å²) < 4.78 is 15.1. The van der Waals surface area contributed by atoms with E-state index >= 15 is 0 Å². The molecule has 1 heterocycles. The number of hydrogen-bond acceptors (Lipinski definition) is 4. The van der Waals surface area contributed by atoms with Gasteiger partial charge in [0.2, 0.25) is 0 Å². The van der Waals surface area contributed by atoms with Crippen molar-refractivity contribution >= 4 is 5.97 Å². The molecule has 0 unspecified atom stereocenters. The van der Waals surface area contributed by atoms with Gasteiger partial charge in [-0.2, -0.15) is 0 Å². The lowest BCUT2D eigenvalue weighted by Crippen LogP contribution is -2.26. The van der Waals surface area contributed by atoms with Crippen LogP contribution in [-0.2, 0) is 19.0 Å². The number of carbonyl (C=O) groups is 1. The third-order valence-corrected chi connectivity index (χ3v) is 1.91. The molecule has 1 rings (SSSR count). The van der Waals surface area contributed by atoms with Crippen LogP contribution in [0.1, 0.15) is 19.8 Å². The second kappa shape index (κ2) is 3.87. The second-order valence-electron chi connectivity index (χ2n) is 2.91. The maximum Gasteiger partial charge on any atom is 0.305 e. The molecule has 1 fully saturated rings. The van der Waals surface area contributed by atoms with Crippen molar-refractivity contribution in [2.75, 3.05) is 20.3 Å². The van der Waals surface area contributed by atoms with Crippen molar-refractivity contribution in [1.82, 2.24) is 0 Å². The van der Waals surface area contributed by atoms with Gasteiger partial charge in [0.05, 0.1) is 26.7 Å². The Balaban J connectivity index is 2.25. The number of ether oxygens (including phenoxy) is 3. The minimum Gasteiger partial charge on any atom is -0.469 e. The summed E-state index contributed by atoms with van der Waals surface area (Å²) in [4.78, 5) is 10.8. The molecular formula is C8H14O4. The van der Waals surface area contributed by atoms with Crippen LogP contribution in [-0.4, -0.2) is 32.1 Å². The highest BCUT2D eigenvalue weighted by Gasteiger charge is 2.31. The van der Waals surface area contributed by atoms with Gasteiger partial charge < -0.3 is 14.2 Å². The molecule has 0 radical (unpaired) electrons. The van der Waals surface area contributed by atoms with Crippen molar-refractivity contribution in [3.8, 4) is 0 Å². The normalized spacial score (nSPS) is 20.8. The molecule has 0 aliphatic carbocycles. The van der Waals surface area contributed by atoms with E-state index in [1.54, 1.807) is 0 Å². The summed E-state index contributed by atoms with van der Waals surface area (Å²) in [6.07, 6.45) is 0.896. The average molecular weight is 174 g/mol. The molecule has 0 bridgehead atoms. The largest absolute Gasteiger partial charge is 0.469 e. The Kier molecular flexibility index (Phi) is 3.05. The topological polar surface area (TPSA) is 44.8 Å². The van der Waals surface area contributed by atoms with E-state index in [1.807, 2.05) is 6.92 Å². The van der Waals surface area contributed by atoms with Crippen LogP contribution >= 0.6 is 0 Å². The minimum absolute atomic E-state index is 0.227. The fraction of sp³-hybridized carbons (Fsp3) is 0.875. The molecular weight excluding hydrogens is 160 g/mol. The van der Waals surface area contributed by atoms with Crippen LogP contribution in [0.15, 0.2) is 0 Å². The Morgan fingerprint density at radius 2 is 2.08 bits per heavy atom. The van der Waals surface area contributed by atoms with Gasteiger partial charge >= 0.3 is 5.97 Å². The summed E-state index contributed by atoms with van der Waals surface area (Å²) in [7, 11) is 1.38. The maximum atomic E-state index is 10.8. The lowest BCUT2D eigenvalue weighted by atomic mass is 10.2. The van der Waals surface area contributed by atoms with Crippen LogP contribution in [0.4, 0.5) is 0 Å². The van der Waals surface area contributed by atoms with E-state index in [0.29, 0.717) is 26.1 Å². The third kappa shape index (κ3) is 2.46. The molecule has 0 N–H and O–H groups in total. The molecule has 0 aromatic heterocycles. The summed E-state index contributed by atoms with van der Waals surface area (Å²) >= 11 is 0. The van der Waals surface area contributed by atoms with Gasteiger partial charge in [0.25, 0.3) is 0 Å². The van der Waals surface area contributed by atoms with Gasteiger partial charge in [-0.25, -0.2) is 0 Å². The number of hydrogen-bond donors (Lipinski definition) is 0. The molecule has 4 nitrogen and oxygen atoms in total. The van der Waals surface area contributed by atoms with Crippen molar-refractivity contribution < 1.29 is 19.0 Å². The van der Waals surface area contributed by atoms with Gasteiger partial charge in [-0.3, -0.25) is 4.79 Å². The monoisotopic (exact) mass is 174 g/mol. The fourth-order valence-corrected chi connectivity index (χ4v) is 1.13. The third-order valence-electron chi connectivity index (χ3n) is 1.91. The van der Waals surface area contributed by atoms with Crippen LogP contribution in [0, 0.1) is 0 Å². The molecule has 4 heteroatoms. The first kappa shape index (κ1) is 9.48. The van der Waals surface area contributed by atoms with E-state index in [-0.39, 0.29) is 5.97 Å². The predicted molar refractivity (Wildman–Crippen MR) is 41.6 cm³/mol.